The quantitative estimate of drug-likeness (QED) is 0.274. The predicted octanol–water partition coefficient (Wildman–Crippen LogP) is 2.84. The molecule has 1 aromatic carbocycles. The second-order valence-electron chi connectivity index (χ2n) is 3.77. The van der Waals surface area contributed by atoms with Crippen molar-refractivity contribution in [1.82, 2.24) is 5.32 Å². The fourth-order valence-corrected chi connectivity index (χ4v) is 1.68. The van der Waals surface area contributed by atoms with Crippen molar-refractivity contribution in [2.45, 2.75) is 12.5 Å². The van der Waals surface area contributed by atoms with E-state index < -0.39 is 6.04 Å². The summed E-state index contributed by atoms with van der Waals surface area (Å²) in [6.45, 7) is 0.930. The lowest BCUT2D eigenvalue weighted by molar-refractivity contribution is -0.143. The van der Waals surface area contributed by atoms with Crippen LogP contribution in [0.2, 0.25) is 5.02 Å². The Morgan fingerprint density at radius 3 is 2.79 bits per heavy atom. The van der Waals surface area contributed by atoms with Crippen molar-refractivity contribution in [3.63, 3.8) is 0 Å². The maximum Gasteiger partial charge on any atom is 0.327 e. The number of benzene rings is 1. The Balaban J connectivity index is 2.64. The largest absolute Gasteiger partial charge is 0.468 e. The molecule has 0 aromatic heterocycles. The highest BCUT2D eigenvalue weighted by Gasteiger charge is 2.20. The van der Waals surface area contributed by atoms with E-state index in [1.54, 1.807) is 24.3 Å². The van der Waals surface area contributed by atoms with Gasteiger partial charge in [-0.3, -0.25) is 0 Å². The smallest absolute Gasteiger partial charge is 0.327 e. The minimum atomic E-state index is -0.548. The van der Waals surface area contributed by atoms with E-state index in [1.165, 1.54) is 7.11 Å². The first kappa shape index (κ1) is 15.3. The average molecular weight is 283 g/mol. The van der Waals surface area contributed by atoms with Crippen LogP contribution in [0.25, 0.3) is 10.4 Å². The third-order valence-electron chi connectivity index (χ3n) is 2.49. The first-order valence-corrected chi connectivity index (χ1v) is 6.14. The van der Waals surface area contributed by atoms with Crippen LogP contribution < -0.4 is 5.32 Å². The Kier molecular flexibility index (Phi) is 6.74. The molecule has 0 amide bonds. The van der Waals surface area contributed by atoms with Crippen molar-refractivity contribution in [2.75, 3.05) is 20.2 Å². The highest BCUT2D eigenvalue weighted by atomic mass is 35.5. The van der Waals surface area contributed by atoms with Crippen LogP contribution in [0.5, 0.6) is 0 Å². The van der Waals surface area contributed by atoms with Crippen molar-refractivity contribution in [2.24, 2.45) is 5.11 Å². The summed E-state index contributed by atoms with van der Waals surface area (Å²) in [4.78, 5) is 14.4. The van der Waals surface area contributed by atoms with Gasteiger partial charge in [-0.25, -0.2) is 4.79 Å². The first-order chi connectivity index (χ1) is 9.19. The molecular weight excluding hydrogens is 268 g/mol. The molecule has 6 nitrogen and oxygen atoms in total. The minimum absolute atomic E-state index is 0.369. The summed E-state index contributed by atoms with van der Waals surface area (Å²) in [5.74, 6) is -0.369. The molecule has 0 aliphatic heterocycles. The van der Waals surface area contributed by atoms with Gasteiger partial charge < -0.3 is 10.1 Å². The van der Waals surface area contributed by atoms with Crippen LogP contribution in [0.1, 0.15) is 18.0 Å². The average Bonchev–Trinajstić information content (AvgIpc) is 2.43. The standard InChI is InChI=1S/C12H15ClN4O2/c1-19-12(18)11(15-7-2-8-16-17-14)9-3-5-10(13)6-4-9/h3-6,11,15H,2,7-8H2,1H3. The lowest BCUT2D eigenvalue weighted by atomic mass is 10.1. The summed E-state index contributed by atoms with van der Waals surface area (Å²) in [5, 5.41) is 7.10. The monoisotopic (exact) mass is 282 g/mol. The van der Waals surface area contributed by atoms with Crippen LogP contribution in [0.15, 0.2) is 29.4 Å². The highest BCUT2D eigenvalue weighted by Crippen LogP contribution is 2.17. The van der Waals surface area contributed by atoms with E-state index in [0.29, 0.717) is 24.5 Å². The van der Waals surface area contributed by atoms with Crippen LogP contribution in [0.4, 0.5) is 0 Å². The molecule has 0 saturated carbocycles. The second kappa shape index (κ2) is 8.37. The predicted molar refractivity (Wildman–Crippen MR) is 72.8 cm³/mol. The number of nitrogens with zero attached hydrogens (tertiary/aromatic N) is 3. The zero-order chi connectivity index (χ0) is 14.1. The molecule has 0 bridgehead atoms. The Morgan fingerprint density at radius 1 is 1.53 bits per heavy atom. The van der Waals surface area contributed by atoms with Gasteiger partial charge in [-0.05, 0) is 36.2 Å². The maximum atomic E-state index is 11.7. The van der Waals surface area contributed by atoms with Gasteiger partial charge in [-0.1, -0.05) is 28.8 Å². The molecule has 0 saturated heterocycles. The summed E-state index contributed by atoms with van der Waals surface area (Å²) in [6.07, 6.45) is 0.644. The van der Waals surface area contributed by atoms with Crippen LogP contribution in [-0.2, 0) is 9.53 Å². The summed E-state index contributed by atoms with van der Waals surface area (Å²) >= 11 is 5.81. The fourth-order valence-electron chi connectivity index (χ4n) is 1.55. The van der Waals surface area contributed by atoms with Gasteiger partial charge in [-0.15, -0.1) is 0 Å². The Bertz CT molecular complexity index is 457. The number of hydrogen-bond acceptors (Lipinski definition) is 4. The number of hydrogen-bond donors (Lipinski definition) is 1. The normalized spacial score (nSPS) is 11.5. The zero-order valence-corrected chi connectivity index (χ0v) is 11.3. The van der Waals surface area contributed by atoms with Crippen molar-refractivity contribution in [1.29, 1.82) is 0 Å². The second-order valence-corrected chi connectivity index (χ2v) is 4.21. The van der Waals surface area contributed by atoms with Gasteiger partial charge in [0.2, 0.25) is 0 Å². The number of esters is 1. The minimum Gasteiger partial charge on any atom is -0.468 e. The third-order valence-corrected chi connectivity index (χ3v) is 2.74. The molecule has 0 aliphatic carbocycles. The molecule has 102 valence electrons. The van der Waals surface area contributed by atoms with E-state index in [9.17, 15) is 4.79 Å². The number of methoxy groups -OCH3 is 1. The third kappa shape index (κ3) is 5.18. The number of carbonyl (C=O) groups is 1. The number of carbonyl (C=O) groups excluding carboxylic acids is 1. The molecule has 0 fully saturated rings. The number of nitrogens with one attached hydrogen (secondary N) is 1. The van der Waals surface area contributed by atoms with Crippen molar-refractivity contribution >= 4 is 17.6 Å². The van der Waals surface area contributed by atoms with Gasteiger partial charge in [0.1, 0.15) is 6.04 Å². The molecule has 1 N–H and O–H groups in total. The van der Waals surface area contributed by atoms with Gasteiger partial charge >= 0.3 is 5.97 Å². The van der Waals surface area contributed by atoms with E-state index in [-0.39, 0.29) is 5.97 Å². The van der Waals surface area contributed by atoms with Crippen LogP contribution in [-0.4, -0.2) is 26.2 Å². The van der Waals surface area contributed by atoms with Gasteiger partial charge in [0.05, 0.1) is 7.11 Å². The van der Waals surface area contributed by atoms with E-state index in [0.717, 1.165) is 5.56 Å². The van der Waals surface area contributed by atoms with Crippen LogP contribution >= 0.6 is 11.6 Å². The number of rotatable bonds is 7. The van der Waals surface area contributed by atoms with E-state index in [2.05, 4.69) is 15.3 Å². The SMILES string of the molecule is COC(=O)C(NCCCN=[N+]=[N-])c1ccc(Cl)cc1. The van der Waals surface area contributed by atoms with E-state index in [1.807, 2.05) is 0 Å². The zero-order valence-electron chi connectivity index (χ0n) is 10.5. The Morgan fingerprint density at radius 2 is 2.21 bits per heavy atom. The molecule has 0 spiro atoms. The van der Waals surface area contributed by atoms with Gasteiger partial charge in [-0.2, -0.15) is 0 Å². The van der Waals surface area contributed by atoms with Crippen molar-refractivity contribution < 1.29 is 9.53 Å². The number of azide groups is 1. The highest BCUT2D eigenvalue weighted by molar-refractivity contribution is 6.30. The number of ether oxygens (including phenoxy) is 1. The lowest BCUT2D eigenvalue weighted by Gasteiger charge is -2.16. The molecule has 1 rings (SSSR count). The van der Waals surface area contributed by atoms with Gasteiger partial charge in [0.15, 0.2) is 0 Å². The molecule has 0 aliphatic rings. The van der Waals surface area contributed by atoms with E-state index >= 15 is 0 Å². The van der Waals surface area contributed by atoms with Gasteiger partial charge in [0, 0.05) is 16.5 Å². The summed E-state index contributed by atoms with van der Waals surface area (Å²) in [5.41, 5.74) is 8.93. The fraction of sp³-hybridized carbons (Fsp3) is 0.417. The molecular formula is C12H15ClN4O2. The molecule has 0 radical (unpaired) electrons. The van der Waals surface area contributed by atoms with Crippen LogP contribution in [0, 0.1) is 0 Å². The Labute approximate surface area is 116 Å². The first-order valence-electron chi connectivity index (χ1n) is 5.76. The molecule has 7 heteroatoms. The summed E-state index contributed by atoms with van der Waals surface area (Å²) in [7, 11) is 1.34. The molecule has 0 heterocycles. The topological polar surface area (TPSA) is 87.1 Å². The maximum absolute atomic E-state index is 11.7. The molecule has 1 aromatic rings. The van der Waals surface area contributed by atoms with Crippen LogP contribution in [0.3, 0.4) is 0 Å². The summed E-state index contributed by atoms with van der Waals surface area (Å²) in [6, 6.07) is 6.42. The summed E-state index contributed by atoms with van der Waals surface area (Å²) < 4.78 is 4.76. The van der Waals surface area contributed by atoms with E-state index in [4.69, 9.17) is 21.9 Å². The molecule has 1 unspecified atom stereocenters. The van der Waals surface area contributed by atoms with Gasteiger partial charge in [0.25, 0.3) is 0 Å². The molecule has 1 atom stereocenters. The molecule has 19 heavy (non-hydrogen) atoms. The number of halogens is 1. The van der Waals surface area contributed by atoms with Crippen molar-refractivity contribution in [3.05, 3.63) is 45.3 Å². The van der Waals surface area contributed by atoms with Crippen molar-refractivity contribution in [3.8, 4) is 0 Å². The lowest BCUT2D eigenvalue weighted by Crippen LogP contribution is -2.30. The Hall–Kier alpha value is -1.75.